The van der Waals surface area contributed by atoms with Crippen LogP contribution in [-0.2, 0) is 11.2 Å². The third-order valence-electron chi connectivity index (χ3n) is 5.28. The van der Waals surface area contributed by atoms with Crippen molar-refractivity contribution in [1.82, 2.24) is 14.7 Å². The number of aliphatic carboxylic acids is 1. The molecule has 6 nitrogen and oxygen atoms in total. The highest BCUT2D eigenvalue weighted by molar-refractivity contribution is 5.94. The van der Waals surface area contributed by atoms with Crippen molar-refractivity contribution in [1.29, 1.82) is 0 Å². The molecule has 0 spiro atoms. The van der Waals surface area contributed by atoms with Gasteiger partial charge in [0.2, 0.25) is 0 Å². The summed E-state index contributed by atoms with van der Waals surface area (Å²) in [6.45, 7) is 10.9. The van der Waals surface area contributed by atoms with E-state index in [9.17, 15) is 9.59 Å². The lowest BCUT2D eigenvalue weighted by Gasteiger charge is -2.27. The second kappa shape index (κ2) is 10.2. The third kappa shape index (κ3) is 5.68. The smallest absolute Gasteiger partial charge is 0.303 e. The van der Waals surface area contributed by atoms with Crippen LogP contribution in [0.25, 0.3) is 5.69 Å². The Morgan fingerprint density at radius 1 is 1.14 bits per heavy atom. The van der Waals surface area contributed by atoms with Crippen molar-refractivity contribution < 1.29 is 14.7 Å². The number of aromatic nitrogens is 2. The zero-order valence-electron chi connectivity index (χ0n) is 18.2. The van der Waals surface area contributed by atoms with Crippen LogP contribution in [-0.4, -0.2) is 44.3 Å². The lowest BCUT2D eigenvalue weighted by Crippen LogP contribution is -2.37. The molecule has 1 heterocycles. The van der Waals surface area contributed by atoms with Crippen LogP contribution in [0.3, 0.4) is 0 Å². The summed E-state index contributed by atoms with van der Waals surface area (Å²) in [6, 6.07) is 7.66. The highest BCUT2D eigenvalue weighted by atomic mass is 16.4. The topological polar surface area (TPSA) is 75.4 Å². The molecule has 0 saturated heterocycles. The van der Waals surface area contributed by atoms with Crippen molar-refractivity contribution >= 4 is 11.9 Å². The number of nitrogens with zero attached hydrogens (tertiary/aromatic N) is 3. The Kier molecular flexibility index (Phi) is 8.00. The van der Waals surface area contributed by atoms with Gasteiger partial charge < -0.3 is 10.0 Å². The maximum Gasteiger partial charge on any atom is 0.303 e. The molecule has 0 atom stereocenters. The molecule has 2 aromatic rings. The van der Waals surface area contributed by atoms with Crippen molar-refractivity contribution in [2.45, 2.75) is 72.8 Å². The van der Waals surface area contributed by atoms with E-state index in [0.717, 1.165) is 48.4 Å². The monoisotopic (exact) mass is 399 g/mol. The van der Waals surface area contributed by atoms with Crippen molar-refractivity contribution in [3.63, 3.8) is 0 Å². The van der Waals surface area contributed by atoms with Crippen molar-refractivity contribution in [3.8, 4) is 5.69 Å². The fourth-order valence-electron chi connectivity index (χ4n) is 3.56. The summed E-state index contributed by atoms with van der Waals surface area (Å²) >= 11 is 0. The summed E-state index contributed by atoms with van der Waals surface area (Å²) in [5, 5.41) is 13.5. The van der Waals surface area contributed by atoms with Crippen LogP contribution >= 0.6 is 0 Å². The fraction of sp³-hybridized carbons (Fsp3) is 0.522. The Morgan fingerprint density at radius 2 is 1.79 bits per heavy atom. The van der Waals surface area contributed by atoms with E-state index in [1.807, 2.05) is 61.5 Å². The van der Waals surface area contributed by atoms with Crippen LogP contribution < -0.4 is 0 Å². The molecule has 0 aliphatic carbocycles. The van der Waals surface area contributed by atoms with E-state index in [1.54, 1.807) is 0 Å². The minimum atomic E-state index is -0.812. The molecular formula is C23H33N3O3. The fourth-order valence-corrected chi connectivity index (χ4v) is 3.56. The number of rotatable bonds is 10. The zero-order chi connectivity index (χ0) is 21.6. The first-order valence-corrected chi connectivity index (χ1v) is 10.4. The number of hydrogen-bond acceptors (Lipinski definition) is 3. The molecule has 0 aliphatic rings. The van der Waals surface area contributed by atoms with E-state index in [2.05, 4.69) is 12.0 Å². The van der Waals surface area contributed by atoms with Gasteiger partial charge in [-0.1, -0.05) is 19.8 Å². The highest BCUT2D eigenvalue weighted by Gasteiger charge is 2.19. The van der Waals surface area contributed by atoms with Gasteiger partial charge in [-0.2, -0.15) is 5.10 Å². The van der Waals surface area contributed by atoms with Crippen molar-refractivity contribution in [3.05, 3.63) is 46.8 Å². The minimum absolute atomic E-state index is 0.0539. The number of aryl methyl sites for hydroxylation is 1. The van der Waals surface area contributed by atoms with E-state index in [1.165, 1.54) is 0 Å². The lowest BCUT2D eigenvalue weighted by atomic mass is 10.1. The van der Waals surface area contributed by atoms with Crippen LogP contribution in [0.2, 0.25) is 0 Å². The average molecular weight is 400 g/mol. The van der Waals surface area contributed by atoms with E-state index in [4.69, 9.17) is 5.11 Å². The molecular weight excluding hydrogens is 366 g/mol. The van der Waals surface area contributed by atoms with Gasteiger partial charge in [0.05, 0.1) is 11.4 Å². The molecule has 158 valence electrons. The predicted octanol–water partition coefficient (Wildman–Crippen LogP) is 4.55. The maximum absolute atomic E-state index is 13.0. The van der Waals surface area contributed by atoms with Gasteiger partial charge in [0.15, 0.2) is 0 Å². The Balaban J connectivity index is 2.20. The van der Waals surface area contributed by atoms with Gasteiger partial charge in [-0.05, 0) is 70.4 Å². The Morgan fingerprint density at radius 3 is 2.34 bits per heavy atom. The van der Waals surface area contributed by atoms with Crippen LogP contribution in [0.15, 0.2) is 24.3 Å². The third-order valence-corrected chi connectivity index (χ3v) is 5.28. The molecule has 29 heavy (non-hydrogen) atoms. The first-order chi connectivity index (χ1) is 13.8. The molecule has 0 unspecified atom stereocenters. The van der Waals surface area contributed by atoms with Gasteiger partial charge in [0.25, 0.3) is 5.91 Å². The van der Waals surface area contributed by atoms with Crippen LogP contribution in [0.4, 0.5) is 0 Å². The molecule has 1 amide bonds. The molecule has 1 N–H and O–H groups in total. The SMILES string of the molecule is CCCCCN(C(=O)c1ccc(-n2nc(C)c(CCC(=O)O)c2C)cc1)C(C)C. The summed E-state index contributed by atoms with van der Waals surface area (Å²) in [4.78, 5) is 25.8. The second-order valence-corrected chi connectivity index (χ2v) is 7.80. The van der Waals surface area contributed by atoms with E-state index >= 15 is 0 Å². The van der Waals surface area contributed by atoms with E-state index in [0.29, 0.717) is 12.0 Å². The number of carbonyl (C=O) groups is 2. The van der Waals surface area contributed by atoms with Crippen LogP contribution in [0.1, 0.15) is 73.8 Å². The quantitative estimate of drug-likeness (QED) is 0.595. The largest absolute Gasteiger partial charge is 0.481 e. The highest BCUT2D eigenvalue weighted by Crippen LogP contribution is 2.20. The standard InChI is InChI=1S/C23H33N3O3/c1-6-7-8-15-25(16(2)3)23(29)19-9-11-20(12-10-19)26-18(5)21(17(4)24-26)13-14-22(27)28/h9-12,16H,6-8,13-15H2,1-5H3,(H,27,28). The molecule has 6 heteroatoms. The first kappa shape index (κ1) is 22.7. The van der Waals surface area contributed by atoms with E-state index in [-0.39, 0.29) is 18.4 Å². The molecule has 0 aliphatic heterocycles. The molecule has 0 bridgehead atoms. The second-order valence-electron chi connectivity index (χ2n) is 7.80. The van der Waals surface area contributed by atoms with Crippen LogP contribution in [0.5, 0.6) is 0 Å². The summed E-state index contributed by atoms with van der Waals surface area (Å²) in [5.74, 6) is -0.758. The average Bonchev–Trinajstić information content (AvgIpc) is 2.96. The molecule has 1 aromatic heterocycles. The van der Waals surface area contributed by atoms with Gasteiger partial charge >= 0.3 is 5.97 Å². The van der Waals surface area contributed by atoms with Gasteiger partial charge in [0, 0.05) is 30.3 Å². The molecule has 0 radical (unpaired) electrons. The van der Waals surface area contributed by atoms with E-state index < -0.39 is 5.97 Å². The summed E-state index contributed by atoms with van der Waals surface area (Å²) < 4.78 is 1.82. The van der Waals surface area contributed by atoms with Gasteiger partial charge in [-0.25, -0.2) is 4.68 Å². The maximum atomic E-state index is 13.0. The zero-order valence-corrected chi connectivity index (χ0v) is 18.2. The summed E-state index contributed by atoms with van der Waals surface area (Å²) in [5.41, 5.74) is 4.28. The van der Waals surface area contributed by atoms with Crippen LogP contribution in [0, 0.1) is 13.8 Å². The first-order valence-electron chi connectivity index (χ1n) is 10.4. The normalized spacial score (nSPS) is 11.1. The Labute approximate surface area is 173 Å². The Hall–Kier alpha value is -2.63. The van der Waals surface area contributed by atoms with Gasteiger partial charge in [0.1, 0.15) is 0 Å². The summed E-state index contributed by atoms with van der Waals surface area (Å²) in [7, 11) is 0. The number of amides is 1. The van der Waals surface area contributed by atoms with Gasteiger partial charge in [-0.3, -0.25) is 9.59 Å². The molecule has 1 aromatic carbocycles. The van der Waals surface area contributed by atoms with Gasteiger partial charge in [-0.15, -0.1) is 0 Å². The number of carboxylic acid groups (broad SMARTS) is 1. The number of carbonyl (C=O) groups excluding carboxylic acids is 1. The lowest BCUT2D eigenvalue weighted by molar-refractivity contribution is -0.136. The number of hydrogen-bond donors (Lipinski definition) is 1. The molecule has 0 fully saturated rings. The van der Waals surface area contributed by atoms with Crippen molar-refractivity contribution in [2.75, 3.05) is 6.54 Å². The Bertz CT molecular complexity index is 838. The molecule has 0 saturated carbocycles. The summed E-state index contributed by atoms with van der Waals surface area (Å²) in [6.07, 6.45) is 3.82. The number of benzene rings is 1. The number of carboxylic acids is 1. The number of unbranched alkanes of at least 4 members (excludes halogenated alkanes) is 2. The van der Waals surface area contributed by atoms with Crippen molar-refractivity contribution in [2.24, 2.45) is 0 Å². The molecule has 2 rings (SSSR count). The predicted molar refractivity (Wildman–Crippen MR) is 115 cm³/mol. The minimum Gasteiger partial charge on any atom is -0.481 e.